The standard InChI is InChI=1S/C21H35N3O4S/c1-6-22-21(24-16-9-8-10-17(13-16)29(25)7-2)23-14-15-11-18(26-3)20(28-5)19(12-15)27-4/h11-12,16-17H,6-10,13-14H2,1-5H3,(H2,22,23,24). The molecule has 164 valence electrons. The van der Waals surface area contributed by atoms with Gasteiger partial charge in [-0.3, -0.25) is 4.21 Å². The fraction of sp³-hybridized carbons (Fsp3) is 0.667. The number of aliphatic imine (C=N–C) groups is 1. The lowest BCUT2D eigenvalue weighted by atomic mass is 9.95. The zero-order valence-electron chi connectivity index (χ0n) is 18.2. The van der Waals surface area contributed by atoms with Crippen LogP contribution in [0.4, 0.5) is 0 Å². The Hall–Kier alpha value is -1.96. The van der Waals surface area contributed by atoms with Crippen molar-refractivity contribution in [1.82, 2.24) is 10.6 Å². The minimum Gasteiger partial charge on any atom is -0.493 e. The molecule has 0 saturated heterocycles. The third-order valence-corrected chi connectivity index (χ3v) is 6.85. The van der Waals surface area contributed by atoms with Crippen molar-refractivity contribution in [3.05, 3.63) is 17.7 Å². The second-order valence-corrected chi connectivity index (χ2v) is 9.03. The summed E-state index contributed by atoms with van der Waals surface area (Å²) in [5.74, 6) is 3.31. The summed E-state index contributed by atoms with van der Waals surface area (Å²) in [4.78, 5) is 4.74. The van der Waals surface area contributed by atoms with Crippen molar-refractivity contribution >= 4 is 16.8 Å². The summed E-state index contributed by atoms with van der Waals surface area (Å²) in [6.45, 7) is 5.30. The van der Waals surface area contributed by atoms with Gasteiger partial charge in [-0.2, -0.15) is 0 Å². The summed E-state index contributed by atoms with van der Waals surface area (Å²) in [6, 6.07) is 4.12. The molecule has 0 spiro atoms. The van der Waals surface area contributed by atoms with Gasteiger partial charge < -0.3 is 24.8 Å². The predicted molar refractivity (Wildman–Crippen MR) is 119 cm³/mol. The Bertz CT molecular complexity index is 686. The molecule has 0 aliphatic heterocycles. The van der Waals surface area contributed by atoms with Gasteiger partial charge in [0.15, 0.2) is 17.5 Å². The van der Waals surface area contributed by atoms with Crippen molar-refractivity contribution in [2.24, 2.45) is 4.99 Å². The third-order valence-electron chi connectivity index (χ3n) is 5.11. The topological polar surface area (TPSA) is 81.2 Å². The molecule has 3 atom stereocenters. The van der Waals surface area contributed by atoms with Crippen molar-refractivity contribution < 1.29 is 18.4 Å². The first-order valence-electron chi connectivity index (χ1n) is 10.3. The molecular formula is C21H35N3O4S. The van der Waals surface area contributed by atoms with Gasteiger partial charge in [-0.25, -0.2) is 4.99 Å². The molecule has 1 saturated carbocycles. The average molecular weight is 426 g/mol. The van der Waals surface area contributed by atoms with E-state index in [2.05, 4.69) is 10.6 Å². The first kappa shape index (κ1) is 23.3. The number of nitrogens with one attached hydrogen (secondary N) is 2. The number of guanidine groups is 1. The molecule has 1 aliphatic carbocycles. The third kappa shape index (κ3) is 6.52. The van der Waals surface area contributed by atoms with Crippen LogP contribution in [0, 0.1) is 0 Å². The van der Waals surface area contributed by atoms with Crippen LogP contribution in [0.3, 0.4) is 0 Å². The maximum absolute atomic E-state index is 12.2. The molecule has 29 heavy (non-hydrogen) atoms. The summed E-state index contributed by atoms with van der Waals surface area (Å²) in [7, 11) is 4.07. The summed E-state index contributed by atoms with van der Waals surface area (Å²) < 4.78 is 28.4. The average Bonchev–Trinajstić information content (AvgIpc) is 2.76. The van der Waals surface area contributed by atoms with E-state index in [1.165, 1.54) is 0 Å². The molecule has 0 bridgehead atoms. The minimum atomic E-state index is -0.737. The molecule has 1 aromatic carbocycles. The Morgan fingerprint density at radius 2 is 1.83 bits per heavy atom. The van der Waals surface area contributed by atoms with E-state index in [9.17, 15) is 4.21 Å². The first-order chi connectivity index (χ1) is 14.1. The van der Waals surface area contributed by atoms with Crippen molar-refractivity contribution in [3.8, 4) is 17.2 Å². The van der Waals surface area contributed by atoms with E-state index in [1.54, 1.807) is 21.3 Å². The number of benzene rings is 1. The summed E-state index contributed by atoms with van der Waals surface area (Å²) in [5.41, 5.74) is 0.963. The van der Waals surface area contributed by atoms with Crippen LogP contribution in [0.15, 0.2) is 17.1 Å². The highest BCUT2D eigenvalue weighted by Crippen LogP contribution is 2.38. The van der Waals surface area contributed by atoms with Gasteiger partial charge in [0.2, 0.25) is 5.75 Å². The number of hydrogen-bond donors (Lipinski definition) is 2. The fourth-order valence-corrected chi connectivity index (χ4v) is 5.01. The fourth-order valence-electron chi connectivity index (χ4n) is 3.66. The number of hydrogen-bond acceptors (Lipinski definition) is 5. The van der Waals surface area contributed by atoms with Crippen LogP contribution >= 0.6 is 0 Å². The quantitative estimate of drug-likeness (QED) is 0.468. The second-order valence-electron chi connectivity index (χ2n) is 7.03. The SMILES string of the molecule is CCNC(=NCc1cc(OC)c(OC)c(OC)c1)NC1CCCC(S(=O)CC)C1. The van der Waals surface area contributed by atoms with Gasteiger partial charge in [0, 0.05) is 34.4 Å². The Kier molecular flexibility index (Phi) is 9.57. The normalized spacial score (nSPS) is 20.7. The molecule has 0 heterocycles. The zero-order chi connectivity index (χ0) is 21.2. The van der Waals surface area contributed by atoms with Crippen LogP contribution in [0.5, 0.6) is 17.2 Å². The lowest BCUT2D eigenvalue weighted by Crippen LogP contribution is -2.46. The van der Waals surface area contributed by atoms with Gasteiger partial charge in [0.05, 0.1) is 27.9 Å². The second kappa shape index (κ2) is 11.9. The molecule has 0 amide bonds. The van der Waals surface area contributed by atoms with Gasteiger partial charge in [0.25, 0.3) is 0 Å². The molecule has 0 aromatic heterocycles. The van der Waals surface area contributed by atoms with Crippen LogP contribution in [0.1, 0.15) is 45.1 Å². The maximum Gasteiger partial charge on any atom is 0.203 e. The first-order valence-corrected chi connectivity index (χ1v) is 11.6. The van der Waals surface area contributed by atoms with Crippen LogP contribution in [-0.4, -0.2) is 55.1 Å². The van der Waals surface area contributed by atoms with E-state index >= 15 is 0 Å². The molecule has 1 aromatic rings. The largest absolute Gasteiger partial charge is 0.493 e. The Balaban J connectivity index is 2.12. The molecule has 1 fully saturated rings. The Morgan fingerprint density at radius 3 is 2.38 bits per heavy atom. The maximum atomic E-state index is 12.2. The lowest BCUT2D eigenvalue weighted by Gasteiger charge is -2.30. The molecule has 7 nitrogen and oxygen atoms in total. The van der Waals surface area contributed by atoms with Crippen molar-refractivity contribution in [2.45, 2.75) is 57.4 Å². The number of methoxy groups -OCH3 is 3. The van der Waals surface area contributed by atoms with Gasteiger partial charge in [-0.05, 0) is 43.9 Å². The van der Waals surface area contributed by atoms with E-state index in [-0.39, 0.29) is 5.25 Å². The molecule has 0 radical (unpaired) electrons. The molecular weight excluding hydrogens is 390 g/mol. The molecule has 1 aliphatic rings. The van der Waals surface area contributed by atoms with Crippen LogP contribution in [0.2, 0.25) is 0 Å². The molecule has 8 heteroatoms. The number of ether oxygens (including phenoxy) is 3. The smallest absolute Gasteiger partial charge is 0.203 e. The summed E-state index contributed by atoms with van der Waals surface area (Å²) >= 11 is 0. The highest BCUT2D eigenvalue weighted by molar-refractivity contribution is 7.85. The van der Waals surface area contributed by atoms with E-state index in [0.29, 0.717) is 29.8 Å². The van der Waals surface area contributed by atoms with Gasteiger partial charge in [-0.15, -0.1) is 0 Å². The van der Waals surface area contributed by atoms with E-state index in [0.717, 1.165) is 49.5 Å². The summed E-state index contributed by atoms with van der Waals surface area (Å²) in [5, 5.41) is 7.13. The van der Waals surface area contributed by atoms with Gasteiger partial charge in [-0.1, -0.05) is 13.3 Å². The zero-order valence-corrected chi connectivity index (χ0v) is 19.1. The van der Waals surface area contributed by atoms with Crippen molar-refractivity contribution in [2.75, 3.05) is 33.6 Å². The summed E-state index contributed by atoms with van der Waals surface area (Å²) in [6.07, 6.45) is 4.15. The van der Waals surface area contributed by atoms with Crippen LogP contribution in [0.25, 0.3) is 0 Å². The molecule has 2 rings (SSSR count). The predicted octanol–water partition coefficient (Wildman–Crippen LogP) is 2.85. The monoisotopic (exact) mass is 425 g/mol. The van der Waals surface area contributed by atoms with E-state index in [4.69, 9.17) is 19.2 Å². The van der Waals surface area contributed by atoms with Crippen LogP contribution in [-0.2, 0) is 17.3 Å². The Labute approximate surface area is 177 Å². The minimum absolute atomic E-state index is 0.282. The van der Waals surface area contributed by atoms with Crippen molar-refractivity contribution in [1.29, 1.82) is 0 Å². The van der Waals surface area contributed by atoms with Gasteiger partial charge in [0.1, 0.15) is 0 Å². The highest BCUT2D eigenvalue weighted by atomic mass is 32.2. The lowest BCUT2D eigenvalue weighted by molar-refractivity contribution is 0.324. The molecule has 3 unspecified atom stereocenters. The van der Waals surface area contributed by atoms with Gasteiger partial charge >= 0.3 is 0 Å². The number of nitrogens with zero attached hydrogens (tertiary/aromatic N) is 1. The van der Waals surface area contributed by atoms with E-state index < -0.39 is 10.8 Å². The van der Waals surface area contributed by atoms with Crippen molar-refractivity contribution in [3.63, 3.8) is 0 Å². The van der Waals surface area contributed by atoms with Crippen LogP contribution < -0.4 is 24.8 Å². The van der Waals surface area contributed by atoms with E-state index in [1.807, 2.05) is 26.0 Å². The Morgan fingerprint density at radius 1 is 1.14 bits per heavy atom. The molecule has 2 N–H and O–H groups in total. The number of rotatable bonds is 9. The highest BCUT2D eigenvalue weighted by Gasteiger charge is 2.26.